The van der Waals surface area contributed by atoms with Gasteiger partial charge in [0.05, 0.1) is 10.7 Å². The molecule has 0 radical (unpaired) electrons. The summed E-state index contributed by atoms with van der Waals surface area (Å²) >= 11 is 5.85. The van der Waals surface area contributed by atoms with E-state index >= 15 is 0 Å². The highest BCUT2D eigenvalue weighted by molar-refractivity contribution is 6.33. The Morgan fingerprint density at radius 3 is 2.68 bits per heavy atom. The van der Waals surface area contributed by atoms with Crippen LogP contribution < -0.4 is 11.1 Å². The van der Waals surface area contributed by atoms with Crippen molar-refractivity contribution in [2.75, 3.05) is 5.32 Å². The first kappa shape index (κ1) is 15.9. The average Bonchev–Trinajstić information content (AvgIpc) is 2.33. The molecule has 0 aliphatic heterocycles. The molecule has 0 bridgehead atoms. The molecule has 1 amide bonds. The molecule has 0 aliphatic carbocycles. The Kier molecular flexibility index (Phi) is 6.25. The smallest absolute Gasteiger partial charge is 0.227 e. The molecule has 2 unspecified atom stereocenters. The first-order valence-electron chi connectivity index (χ1n) is 6.42. The van der Waals surface area contributed by atoms with Crippen LogP contribution in [0.15, 0.2) is 18.2 Å². The van der Waals surface area contributed by atoms with Crippen LogP contribution in [0.2, 0.25) is 5.02 Å². The molecule has 5 heteroatoms. The third kappa shape index (κ3) is 5.17. The zero-order valence-electron chi connectivity index (χ0n) is 11.2. The van der Waals surface area contributed by atoms with Crippen LogP contribution in [0.3, 0.4) is 0 Å². The largest absolute Gasteiger partial charge is 0.328 e. The van der Waals surface area contributed by atoms with Crippen molar-refractivity contribution in [2.24, 2.45) is 11.7 Å². The summed E-state index contributed by atoms with van der Waals surface area (Å²) < 4.78 is 13.5. The van der Waals surface area contributed by atoms with Gasteiger partial charge in [-0.15, -0.1) is 0 Å². The lowest BCUT2D eigenvalue weighted by molar-refractivity contribution is -0.119. The molecule has 3 N–H and O–H groups in total. The number of hydrogen-bond donors (Lipinski definition) is 2. The molecule has 0 fully saturated rings. The van der Waals surface area contributed by atoms with E-state index in [4.69, 9.17) is 17.3 Å². The molecule has 0 heterocycles. The lowest BCUT2D eigenvalue weighted by Gasteiger charge is -2.14. The predicted molar refractivity (Wildman–Crippen MR) is 76.7 cm³/mol. The van der Waals surface area contributed by atoms with E-state index in [-0.39, 0.29) is 28.6 Å². The van der Waals surface area contributed by atoms with Crippen LogP contribution in [-0.4, -0.2) is 11.9 Å². The van der Waals surface area contributed by atoms with Gasteiger partial charge in [-0.3, -0.25) is 4.79 Å². The zero-order valence-corrected chi connectivity index (χ0v) is 12.0. The summed E-state index contributed by atoms with van der Waals surface area (Å²) in [4.78, 5) is 11.9. The van der Waals surface area contributed by atoms with Gasteiger partial charge in [0, 0.05) is 12.0 Å². The standard InChI is InChI=1S/C14H20ClFN2O/c1-9(5-3-6-10(2)17)14(19)18-13-11(15)7-4-8-12(13)16/h4,7-10H,3,5-6,17H2,1-2H3,(H,18,19). The van der Waals surface area contributed by atoms with E-state index in [0.717, 1.165) is 19.3 Å². The second-order valence-corrected chi connectivity index (χ2v) is 5.30. The highest BCUT2D eigenvalue weighted by Crippen LogP contribution is 2.25. The third-order valence-corrected chi connectivity index (χ3v) is 3.27. The summed E-state index contributed by atoms with van der Waals surface area (Å²) in [5, 5.41) is 2.74. The van der Waals surface area contributed by atoms with E-state index in [9.17, 15) is 9.18 Å². The van der Waals surface area contributed by atoms with Crippen molar-refractivity contribution in [3.05, 3.63) is 29.0 Å². The van der Waals surface area contributed by atoms with Gasteiger partial charge < -0.3 is 11.1 Å². The summed E-state index contributed by atoms with van der Waals surface area (Å²) in [5.74, 6) is -0.949. The van der Waals surface area contributed by atoms with E-state index in [0.29, 0.717) is 0 Å². The Bertz CT molecular complexity index is 417. The number of rotatable bonds is 6. The Morgan fingerprint density at radius 1 is 1.42 bits per heavy atom. The number of para-hydroxylation sites is 1. The molecule has 0 aliphatic rings. The quantitative estimate of drug-likeness (QED) is 0.840. The SMILES string of the molecule is CC(N)CCCC(C)C(=O)Nc1c(F)cccc1Cl. The van der Waals surface area contributed by atoms with Gasteiger partial charge in [-0.25, -0.2) is 4.39 Å². The molecule has 0 saturated carbocycles. The van der Waals surface area contributed by atoms with Crippen molar-refractivity contribution in [1.29, 1.82) is 0 Å². The van der Waals surface area contributed by atoms with Gasteiger partial charge in [-0.1, -0.05) is 31.0 Å². The minimum Gasteiger partial charge on any atom is -0.328 e. The highest BCUT2D eigenvalue weighted by Gasteiger charge is 2.16. The highest BCUT2D eigenvalue weighted by atomic mass is 35.5. The van der Waals surface area contributed by atoms with Gasteiger partial charge in [0.25, 0.3) is 0 Å². The Balaban J connectivity index is 2.54. The monoisotopic (exact) mass is 286 g/mol. The van der Waals surface area contributed by atoms with Crippen LogP contribution in [0.1, 0.15) is 33.1 Å². The van der Waals surface area contributed by atoms with Crippen molar-refractivity contribution in [3.8, 4) is 0 Å². The first-order valence-corrected chi connectivity index (χ1v) is 6.80. The molecule has 1 aromatic carbocycles. The first-order chi connectivity index (χ1) is 8.91. The molecule has 0 aromatic heterocycles. The van der Waals surface area contributed by atoms with E-state index < -0.39 is 5.82 Å². The lowest BCUT2D eigenvalue weighted by atomic mass is 10.0. The summed E-state index contributed by atoms with van der Waals surface area (Å²) in [5.41, 5.74) is 5.70. The molecular formula is C14H20ClFN2O. The molecular weight excluding hydrogens is 267 g/mol. The average molecular weight is 287 g/mol. The van der Waals surface area contributed by atoms with Crippen molar-refractivity contribution < 1.29 is 9.18 Å². The molecule has 0 saturated heterocycles. The van der Waals surface area contributed by atoms with Crippen LogP contribution in [-0.2, 0) is 4.79 Å². The zero-order chi connectivity index (χ0) is 14.4. The van der Waals surface area contributed by atoms with Gasteiger partial charge in [-0.2, -0.15) is 0 Å². The minimum atomic E-state index is -0.524. The normalized spacial score (nSPS) is 13.9. The van der Waals surface area contributed by atoms with Crippen LogP contribution in [0.5, 0.6) is 0 Å². The van der Waals surface area contributed by atoms with E-state index in [1.54, 1.807) is 6.07 Å². The second kappa shape index (κ2) is 7.46. The maximum atomic E-state index is 13.5. The van der Waals surface area contributed by atoms with Crippen molar-refractivity contribution in [3.63, 3.8) is 0 Å². The fourth-order valence-electron chi connectivity index (χ4n) is 1.74. The number of hydrogen-bond acceptors (Lipinski definition) is 2. The molecule has 2 atom stereocenters. The van der Waals surface area contributed by atoms with Crippen LogP contribution in [0, 0.1) is 11.7 Å². The molecule has 3 nitrogen and oxygen atoms in total. The Hall–Kier alpha value is -1.13. The van der Waals surface area contributed by atoms with Gasteiger partial charge in [0.15, 0.2) is 0 Å². The Morgan fingerprint density at radius 2 is 2.11 bits per heavy atom. The summed E-state index contributed by atoms with van der Waals surface area (Å²) in [6.45, 7) is 3.75. The van der Waals surface area contributed by atoms with Gasteiger partial charge in [0.1, 0.15) is 5.82 Å². The van der Waals surface area contributed by atoms with Gasteiger partial charge in [-0.05, 0) is 31.9 Å². The van der Waals surface area contributed by atoms with Gasteiger partial charge in [0.2, 0.25) is 5.91 Å². The second-order valence-electron chi connectivity index (χ2n) is 4.90. The fraction of sp³-hybridized carbons (Fsp3) is 0.500. The maximum Gasteiger partial charge on any atom is 0.227 e. The number of amides is 1. The van der Waals surface area contributed by atoms with E-state index in [1.165, 1.54) is 12.1 Å². The van der Waals surface area contributed by atoms with Crippen LogP contribution in [0.25, 0.3) is 0 Å². The van der Waals surface area contributed by atoms with Gasteiger partial charge >= 0.3 is 0 Å². The van der Waals surface area contributed by atoms with Crippen molar-refractivity contribution in [2.45, 2.75) is 39.2 Å². The lowest BCUT2D eigenvalue weighted by Crippen LogP contribution is -2.22. The number of anilines is 1. The fourth-order valence-corrected chi connectivity index (χ4v) is 1.95. The Labute approximate surface area is 118 Å². The summed E-state index contributed by atoms with van der Waals surface area (Å²) in [7, 11) is 0. The van der Waals surface area contributed by atoms with Crippen molar-refractivity contribution in [1.82, 2.24) is 0 Å². The molecule has 1 aromatic rings. The number of carbonyl (C=O) groups excluding carboxylic acids is 1. The molecule has 106 valence electrons. The number of carbonyl (C=O) groups is 1. The van der Waals surface area contributed by atoms with E-state index in [2.05, 4.69) is 5.32 Å². The van der Waals surface area contributed by atoms with E-state index in [1.807, 2.05) is 13.8 Å². The minimum absolute atomic E-state index is 0.0493. The summed E-state index contributed by atoms with van der Waals surface area (Å²) in [6, 6.07) is 4.44. The van der Waals surface area contributed by atoms with Crippen LogP contribution >= 0.6 is 11.6 Å². The molecule has 19 heavy (non-hydrogen) atoms. The maximum absolute atomic E-state index is 13.5. The third-order valence-electron chi connectivity index (χ3n) is 2.96. The molecule has 0 spiro atoms. The number of benzene rings is 1. The predicted octanol–water partition coefficient (Wildman–Crippen LogP) is 3.57. The number of nitrogens with two attached hydrogens (primary N) is 1. The summed E-state index contributed by atoms with van der Waals surface area (Å²) in [6.07, 6.45) is 2.47. The topological polar surface area (TPSA) is 55.1 Å². The van der Waals surface area contributed by atoms with Crippen molar-refractivity contribution >= 4 is 23.2 Å². The molecule has 1 rings (SSSR count). The number of nitrogens with one attached hydrogen (secondary N) is 1. The number of halogens is 2. The van der Waals surface area contributed by atoms with Crippen LogP contribution in [0.4, 0.5) is 10.1 Å².